The molecule has 0 aliphatic carbocycles. The lowest BCUT2D eigenvalue weighted by atomic mass is 10.1. The van der Waals surface area contributed by atoms with Crippen molar-refractivity contribution < 1.29 is 24.9 Å². The number of carbonyl (C=O) groups is 1. The summed E-state index contributed by atoms with van der Waals surface area (Å²) in [5.41, 5.74) is 3.02. The summed E-state index contributed by atoms with van der Waals surface area (Å²) in [7, 11) is 0. The lowest BCUT2D eigenvalue weighted by Crippen LogP contribution is -2.12. The summed E-state index contributed by atoms with van der Waals surface area (Å²) in [5, 5.41) is 36.7. The highest BCUT2D eigenvalue weighted by Gasteiger charge is 2.28. The summed E-state index contributed by atoms with van der Waals surface area (Å²) < 4.78 is 7.65. The molecule has 3 rings (SSSR count). The number of ether oxygens (including phenoxy) is 1. The highest BCUT2D eigenvalue weighted by molar-refractivity contribution is 5.66. The number of aliphatic carboxylic acids is 1. The Labute approximate surface area is 235 Å². The van der Waals surface area contributed by atoms with Crippen LogP contribution in [-0.4, -0.2) is 48.6 Å². The molecule has 0 aromatic carbocycles. The second-order valence-electron chi connectivity index (χ2n) is 8.99. The smallest absolute Gasteiger partial charge is 0.303 e. The molecule has 1 fully saturated rings. The van der Waals surface area contributed by atoms with Gasteiger partial charge in [0.05, 0.1) is 35.4 Å². The van der Waals surface area contributed by atoms with Crippen LogP contribution in [0.15, 0.2) is 30.8 Å². The molecule has 1 aliphatic heterocycles. The molecule has 2 aromatic heterocycles. The van der Waals surface area contributed by atoms with Gasteiger partial charge in [-0.05, 0) is 44.7 Å². The topological polar surface area (TPSA) is 141 Å². The van der Waals surface area contributed by atoms with Crippen molar-refractivity contribution in [1.82, 2.24) is 14.6 Å². The number of unbranched alkanes of at least 4 members (excludes halogenated alkanes) is 6. The number of hydrogen-bond donors (Lipinski definition) is 3. The van der Waals surface area contributed by atoms with Gasteiger partial charge in [-0.3, -0.25) is 4.79 Å². The van der Waals surface area contributed by atoms with Gasteiger partial charge in [0, 0.05) is 19.4 Å². The van der Waals surface area contributed by atoms with E-state index in [2.05, 4.69) is 37.1 Å². The molecule has 3 N–H and O–H groups in total. The van der Waals surface area contributed by atoms with Crippen molar-refractivity contribution in [1.29, 1.82) is 5.26 Å². The van der Waals surface area contributed by atoms with Crippen molar-refractivity contribution in [3.05, 3.63) is 42.2 Å². The molecule has 39 heavy (non-hydrogen) atoms. The number of fused-ring (bicyclic) bond motifs is 1. The third-order valence-electron chi connectivity index (χ3n) is 5.88. The molecule has 3 heterocycles. The van der Waals surface area contributed by atoms with E-state index >= 15 is 0 Å². The first-order chi connectivity index (χ1) is 18.8. The lowest BCUT2D eigenvalue weighted by molar-refractivity contribution is -0.137. The quantitative estimate of drug-likeness (QED) is 0.183. The fraction of sp³-hybridized carbons (Fsp3) is 0.667. The van der Waals surface area contributed by atoms with Crippen molar-refractivity contribution in [3.63, 3.8) is 0 Å². The number of carboxylic acid groups (broad SMARTS) is 1. The first kappa shape index (κ1) is 38.2. The van der Waals surface area contributed by atoms with Crippen LogP contribution in [0.1, 0.15) is 122 Å². The van der Waals surface area contributed by atoms with Crippen LogP contribution >= 0.6 is 0 Å². The number of carboxylic acids is 1. The van der Waals surface area contributed by atoms with Crippen LogP contribution in [0.2, 0.25) is 0 Å². The molecule has 0 amide bonds. The second kappa shape index (κ2) is 25.3. The lowest BCUT2D eigenvalue weighted by Gasteiger charge is -2.11. The van der Waals surface area contributed by atoms with Gasteiger partial charge in [-0.15, -0.1) is 0 Å². The summed E-state index contributed by atoms with van der Waals surface area (Å²) in [4.78, 5) is 14.1. The average Bonchev–Trinajstić information content (AvgIpc) is 3.60. The van der Waals surface area contributed by atoms with Crippen LogP contribution in [0.25, 0.3) is 5.52 Å². The van der Waals surface area contributed by atoms with Crippen molar-refractivity contribution >= 4 is 11.5 Å². The third-order valence-corrected chi connectivity index (χ3v) is 5.88. The minimum absolute atomic E-state index is 0.0314. The van der Waals surface area contributed by atoms with E-state index in [-0.39, 0.29) is 18.8 Å². The van der Waals surface area contributed by atoms with Crippen LogP contribution < -0.4 is 0 Å². The largest absolute Gasteiger partial charge is 0.513 e. The van der Waals surface area contributed by atoms with Gasteiger partial charge in [-0.2, -0.15) is 5.10 Å². The number of aliphatic hydroxyl groups excluding tert-OH is 2. The Balaban J connectivity index is 0. The van der Waals surface area contributed by atoms with Crippen LogP contribution in [0, 0.1) is 18.8 Å². The maximum Gasteiger partial charge on any atom is 0.303 e. The summed E-state index contributed by atoms with van der Waals surface area (Å²) >= 11 is 0. The summed E-state index contributed by atoms with van der Waals surface area (Å²) in [6.45, 7) is 17.3. The summed E-state index contributed by atoms with van der Waals surface area (Å²) in [6, 6.07) is 4.04. The molecular weight excluding hydrogens is 496 g/mol. The third kappa shape index (κ3) is 17.3. The number of aromatic nitrogens is 3. The zero-order valence-corrected chi connectivity index (χ0v) is 24.8. The van der Waals surface area contributed by atoms with Gasteiger partial charge in [0.25, 0.3) is 0 Å². The number of aryl methyl sites for hydroxylation is 1. The highest BCUT2D eigenvalue weighted by Crippen LogP contribution is 2.33. The van der Waals surface area contributed by atoms with Gasteiger partial charge in [0.2, 0.25) is 0 Å². The zero-order chi connectivity index (χ0) is 30.1. The minimum atomic E-state index is -0.675. The first-order valence-corrected chi connectivity index (χ1v) is 14.2. The van der Waals surface area contributed by atoms with E-state index in [1.165, 1.54) is 25.7 Å². The number of hydrogen-bond acceptors (Lipinski definition) is 7. The molecule has 9 heteroatoms. The summed E-state index contributed by atoms with van der Waals surface area (Å²) in [5.74, 6) is -0.350. The number of allylic oxidation sites excluding steroid dienone is 1. The number of nitriles is 1. The molecule has 2 aromatic rings. The Hall–Kier alpha value is -2.96. The van der Waals surface area contributed by atoms with Gasteiger partial charge in [-0.25, -0.2) is 14.8 Å². The van der Waals surface area contributed by atoms with E-state index in [9.17, 15) is 4.79 Å². The first-order valence-electron chi connectivity index (χ1n) is 14.2. The monoisotopic (exact) mass is 548 g/mol. The van der Waals surface area contributed by atoms with E-state index in [4.69, 9.17) is 25.3 Å². The number of aliphatic hydroxyl groups is 2. The maximum atomic E-state index is 9.96. The van der Waals surface area contributed by atoms with Crippen molar-refractivity contribution in [2.75, 3.05) is 6.61 Å². The summed E-state index contributed by atoms with van der Waals surface area (Å²) in [6.07, 6.45) is 13.5. The molecular formula is C30H52N4O5. The molecule has 1 aliphatic rings. The fourth-order valence-corrected chi connectivity index (χ4v) is 3.84. The van der Waals surface area contributed by atoms with Crippen LogP contribution in [0.5, 0.6) is 0 Å². The van der Waals surface area contributed by atoms with E-state index in [1.807, 2.05) is 37.4 Å². The Bertz CT molecular complexity index is 891. The van der Waals surface area contributed by atoms with Gasteiger partial charge < -0.3 is 20.1 Å². The van der Waals surface area contributed by atoms with E-state index < -0.39 is 5.97 Å². The molecule has 0 radical (unpaired) electrons. The molecule has 0 saturated carbocycles. The molecule has 2 unspecified atom stereocenters. The number of rotatable bonds is 12. The molecule has 9 nitrogen and oxygen atoms in total. The fourth-order valence-electron chi connectivity index (χ4n) is 3.84. The zero-order valence-electron chi connectivity index (χ0n) is 24.8. The van der Waals surface area contributed by atoms with Crippen LogP contribution in [-0.2, 0) is 9.53 Å². The van der Waals surface area contributed by atoms with E-state index in [0.717, 1.165) is 61.9 Å². The van der Waals surface area contributed by atoms with Gasteiger partial charge in [0.15, 0.2) is 0 Å². The van der Waals surface area contributed by atoms with E-state index in [1.54, 1.807) is 6.33 Å². The Morgan fingerprint density at radius 3 is 2.13 bits per heavy atom. The van der Waals surface area contributed by atoms with Gasteiger partial charge in [0.1, 0.15) is 12.4 Å². The predicted octanol–water partition coefficient (Wildman–Crippen LogP) is 7.49. The maximum absolute atomic E-state index is 9.96. The molecule has 0 spiro atoms. The SMILES string of the molecule is C#N.C=C(O)CCCCCC.CC.CCCCCCC(=O)O.Cc1ncnn2c(C3CCC(CO)O3)ccc12. The van der Waals surface area contributed by atoms with Crippen LogP contribution in [0.3, 0.4) is 0 Å². The van der Waals surface area contributed by atoms with Crippen molar-refractivity contribution in [2.24, 2.45) is 0 Å². The van der Waals surface area contributed by atoms with Gasteiger partial charge in [-0.1, -0.05) is 72.8 Å². The van der Waals surface area contributed by atoms with Gasteiger partial charge >= 0.3 is 5.97 Å². The van der Waals surface area contributed by atoms with Crippen molar-refractivity contribution in [2.45, 2.75) is 124 Å². The highest BCUT2D eigenvalue weighted by atomic mass is 16.5. The van der Waals surface area contributed by atoms with Crippen LogP contribution in [0.4, 0.5) is 0 Å². The Morgan fingerprint density at radius 2 is 1.64 bits per heavy atom. The Kier molecular flexibility index (Phi) is 24.8. The molecule has 2 atom stereocenters. The number of nitrogens with zero attached hydrogens (tertiary/aromatic N) is 4. The van der Waals surface area contributed by atoms with Crippen molar-refractivity contribution in [3.8, 4) is 6.57 Å². The minimum Gasteiger partial charge on any atom is -0.513 e. The average molecular weight is 549 g/mol. The molecule has 1 saturated heterocycles. The standard InChI is InChI=1S/C12H15N3O2.C8H16O.C7H14O2.C2H6.CHN/c1-8-10-3-4-11(15(10)14-7-13-8)12-5-2-9(6-16)17-12;1-3-4-5-6-7-8(2)9;1-2-3-4-5-6-7(8)9;2*1-2/h3-4,7,9,12,16H,2,5-6H2,1H3;9H,2-7H2,1H3;2-6H2,1H3,(H,8,9);1-2H3;1H. The normalized spacial score (nSPS) is 15.3. The Morgan fingerprint density at radius 1 is 1.05 bits per heavy atom. The molecule has 0 bridgehead atoms. The molecule has 222 valence electrons. The van der Waals surface area contributed by atoms with E-state index in [0.29, 0.717) is 12.2 Å². The predicted molar refractivity (Wildman–Crippen MR) is 157 cm³/mol. The second-order valence-corrected chi connectivity index (χ2v) is 8.99.